The molecule has 5 heterocycles. The van der Waals surface area contributed by atoms with Crippen LogP contribution in [0.1, 0.15) is 88.2 Å². The number of nitrogens with two attached hydrogens (primary N) is 1. The minimum atomic E-state index is -0.943. The molecule has 0 aliphatic carbocycles. The first-order valence-electron chi connectivity index (χ1n) is 18.2. The summed E-state index contributed by atoms with van der Waals surface area (Å²) in [7, 11) is 0. The minimum Gasteiger partial charge on any atom is -0.361 e. The monoisotopic (exact) mass is 729 g/mol. The molecular weight excluding hydrogens is 684 g/mol. The molecule has 4 amide bonds. The summed E-state index contributed by atoms with van der Waals surface area (Å²) in [6.07, 6.45) is 10.9. The molecule has 0 spiro atoms. The van der Waals surface area contributed by atoms with Crippen molar-refractivity contribution >= 4 is 40.2 Å². The first kappa shape index (κ1) is 37.5. The van der Waals surface area contributed by atoms with Gasteiger partial charge in [-0.2, -0.15) is 5.10 Å². The smallest absolute Gasteiger partial charge is 0.314 e. The van der Waals surface area contributed by atoms with Gasteiger partial charge >= 0.3 is 23.6 Å². The van der Waals surface area contributed by atoms with Gasteiger partial charge in [0, 0.05) is 31.3 Å². The molecule has 280 valence electrons. The van der Waals surface area contributed by atoms with Gasteiger partial charge in [-0.05, 0) is 92.2 Å². The van der Waals surface area contributed by atoms with Crippen LogP contribution in [0.2, 0.25) is 0 Å². The third-order valence-electron chi connectivity index (χ3n) is 10.2. The van der Waals surface area contributed by atoms with Crippen LogP contribution in [0.15, 0.2) is 67.1 Å². The van der Waals surface area contributed by atoms with E-state index in [0.717, 1.165) is 61.5 Å². The van der Waals surface area contributed by atoms with E-state index in [1.165, 1.54) is 35.4 Å². The molecule has 12 nitrogen and oxygen atoms in total. The summed E-state index contributed by atoms with van der Waals surface area (Å²) in [5.74, 6) is -3.00. The standard InChI is InChI=1S/C25H28FN5O3.C14H17FN2O2/c1-16-5-10-21(17-6-8-19(26)9-7-17)30(15-16)25(33)24(32)29-20-14-27-12-18-13-28-31(23(18)20)22-4-2-3-11-34-22;1-9-2-7-12(10-3-5-11(15)6-4-10)17(8-9)14(19)13(16)18/h6-9,12-14,16,21-22H,2-5,10-11,15H2,1H3,(H,29,32);3-6,9,12H,2,7-8H2,1H3,(H2,16,18)/t16-,21+,22?;9-,12+/m00/s1. The van der Waals surface area contributed by atoms with E-state index in [1.54, 1.807) is 46.2 Å². The number of carbonyl (C=O) groups is 4. The number of piperidine rings is 2. The quantitative estimate of drug-likeness (QED) is 0.251. The number of benzene rings is 2. The lowest BCUT2D eigenvalue weighted by atomic mass is 9.90. The zero-order chi connectivity index (χ0) is 37.6. The number of likely N-dealkylation sites (tertiary alicyclic amines) is 2. The minimum absolute atomic E-state index is 0.197. The SMILES string of the molecule is C[C@H]1CC[C@H](c2ccc(F)cc2)N(C(=O)C(=O)Nc2cncc3cnn(C4CCCCO4)c23)C1.C[C@H]1CC[C@H](c2ccc(F)cc2)N(C(=O)C(N)=O)C1. The number of rotatable bonds is 4. The molecular formula is C39H45F2N7O5. The highest BCUT2D eigenvalue weighted by Crippen LogP contribution is 2.35. The van der Waals surface area contributed by atoms with Gasteiger partial charge in [-0.15, -0.1) is 0 Å². The summed E-state index contributed by atoms with van der Waals surface area (Å²) < 4.78 is 34.0. The van der Waals surface area contributed by atoms with Crippen molar-refractivity contribution in [3.63, 3.8) is 0 Å². The van der Waals surface area contributed by atoms with Crippen molar-refractivity contribution < 1.29 is 32.7 Å². The Bertz CT molecular complexity index is 1930. The number of halogens is 2. The van der Waals surface area contributed by atoms with E-state index in [1.807, 2.05) is 6.92 Å². The summed E-state index contributed by atoms with van der Waals surface area (Å²) >= 11 is 0. The second kappa shape index (κ2) is 16.6. The third-order valence-corrected chi connectivity index (χ3v) is 10.2. The van der Waals surface area contributed by atoms with Crippen LogP contribution >= 0.6 is 0 Å². The van der Waals surface area contributed by atoms with Crippen molar-refractivity contribution in [2.75, 3.05) is 25.0 Å². The van der Waals surface area contributed by atoms with Crippen LogP contribution in [0.25, 0.3) is 10.9 Å². The Morgan fingerprint density at radius 2 is 1.32 bits per heavy atom. The van der Waals surface area contributed by atoms with Gasteiger partial charge in [0.2, 0.25) is 0 Å². The average Bonchev–Trinajstić information content (AvgIpc) is 3.61. The molecule has 2 aromatic heterocycles. The Balaban J connectivity index is 0.000000214. The number of nitrogens with zero attached hydrogens (tertiary/aromatic N) is 5. The fourth-order valence-electron chi connectivity index (χ4n) is 7.49. The molecule has 0 radical (unpaired) electrons. The second-order valence-corrected chi connectivity index (χ2v) is 14.3. The predicted molar refractivity (Wildman–Crippen MR) is 193 cm³/mol. The molecule has 7 rings (SSSR count). The van der Waals surface area contributed by atoms with Gasteiger partial charge in [-0.25, -0.2) is 13.5 Å². The van der Waals surface area contributed by atoms with Gasteiger partial charge in [0.25, 0.3) is 0 Å². The number of anilines is 1. The third kappa shape index (κ3) is 8.70. The van der Waals surface area contributed by atoms with Crippen molar-refractivity contribution in [2.45, 2.75) is 77.1 Å². The lowest BCUT2D eigenvalue weighted by molar-refractivity contribution is -0.147. The highest BCUT2D eigenvalue weighted by Gasteiger charge is 2.35. The molecule has 1 unspecified atom stereocenters. The van der Waals surface area contributed by atoms with Crippen LogP contribution in [0, 0.1) is 23.5 Å². The largest absolute Gasteiger partial charge is 0.361 e. The number of pyridine rings is 1. The van der Waals surface area contributed by atoms with Gasteiger partial charge in [0.15, 0.2) is 6.23 Å². The maximum absolute atomic E-state index is 13.4. The molecule has 3 aliphatic rings. The number of aromatic nitrogens is 3. The number of carbonyl (C=O) groups excluding carboxylic acids is 4. The Labute approximate surface area is 306 Å². The number of primary amides is 1. The fourth-order valence-corrected chi connectivity index (χ4v) is 7.49. The number of fused-ring (bicyclic) bond motifs is 1. The first-order chi connectivity index (χ1) is 25.5. The topological polar surface area (TPSA) is 153 Å². The van der Waals surface area contributed by atoms with Crippen molar-refractivity contribution in [2.24, 2.45) is 17.6 Å². The Morgan fingerprint density at radius 1 is 0.755 bits per heavy atom. The summed E-state index contributed by atoms with van der Waals surface area (Å²) in [4.78, 5) is 56.8. The number of nitrogens with one attached hydrogen (secondary N) is 1. The van der Waals surface area contributed by atoms with Crippen LogP contribution in [0.5, 0.6) is 0 Å². The summed E-state index contributed by atoms with van der Waals surface area (Å²) in [6.45, 7) is 5.72. The van der Waals surface area contributed by atoms with Gasteiger partial charge in [0.1, 0.15) is 11.6 Å². The summed E-state index contributed by atoms with van der Waals surface area (Å²) in [5.41, 5.74) is 7.85. The zero-order valence-electron chi connectivity index (χ0n) is 29.9. The lowest BCUT2D eigenvalue weighted by Crippen LogP contribution is -2.46. The van der Waals surface area contributed by atoms with E-state index in [0.29, 0.717) is 36.8 Å². The molecule has 5 atom stereocenters. The predicted octanol–water partition coefficient (Wildman–Crippen LogP) is 5.82. The van der Waals surface area contributed by atoms with E-state index in [-0.39, 0.29) is 35.9 Å². The van der Waals surface area contributed by atoms with Crippen molar-refractivity contribution in [1.82, 2.24) is 24.6 Å². The van der Waals surface area contributed by atoms with E-state index in [9.17, 15) is 28.0 Å². The first-order valence-corrected chi connectivity index (χ1v) is 18.2. The molecule has 3 fully saturated rings. The van der Waals surface area contributed by atoms with Gasteiger partial charge in [0.05, 0.1) is 35.7 Å². The Kier molecular flexibility index (Phi) is 11.8. The zero-order valence-corrected chi connectivity index (χ0v) is 29.9. The number of hydrogen-bond acceptors (Lipinski definition) is 7. The molecule has 3 saturated heterocycles. The van der Waals surface area contributed by atoms with Gasteiger partial charge < -0.3 is 25.6 Å². The Morgan fingerprint density at radius 3 is 1.85 bits per heavy atom. The molecule has 0 saturated carbocycles. The van der Waals surface area contributed by atoms with Crippen LogP contribution < -0.4 is 11.1 Å². The van der Waals surface area contributed by atoms with Gasteiger partial charge in [-0.1, -0.05) is 38.1 Å². The molecule has 3 N–H and O–H groups in total. The van der Waals surface area contributed by atoms with Crippen molar-refractivity contribution in [3.8, 4) is 0 Å². The van der Waals surface area contributed by atoms with Crippen molar-refractivity contribution in [1.29, 1.82) is 0 Å². The van der Waals surface area contributed by atoms with E-state index >= 15 is 0 Å². The number of hydrogen-bond donors (Lipinski definition) is 2. The number of amides is 4. The van der Waals surface area contributed by atoms with Crippen LogP contribution in [-0.2, 0) is 23.9 Å². The average molecular weight is 730 g/mol. The molecule has 14 heteroatoms. The maximum atomic E-state index is 13.4. The fraction of sp³-hybridized carbons (Fsp3) is 0.436. The van der Waals surface area contributed by atoms with Crippen LogP contribution in [-0.4, -0.2) is 67.9 Å². The lowest BCUT2D eigenvalue weighted by Gasteiger charge is -2.38. The second-order valence-electron chi connectivity index (χ2n) is 14.3. The maximum Gasteiger partial charge on any atom is 0.314 e. The normalized spacial score (nSPS) is 23.1. The van der Waals surface area contributed by atoms with E-state index < -0.39 is 23.6 Å². The van der Waals surface area contributed by atoms with Gasteiger partial charge in [-0.3, -0.25) is 24.2 Å². The van der Waals surface area contributed by atoms with Crippen molar-refractivity contribution in [3.05, 3.63) is 89.9 Å². The highest BCUT2D eigenvalue weighted by atomic mass is 19.1. The molecule has 53 heavy (non-hydrogen) atoms. The molecule has 4 aromatic rings. The summed E-state index contributed by atoms with van der Waals surface area (Å²) in [6, 6.07) is 11.7. The highest BCUT2D eigenvalue weighted by molar-refractivity contribution is 6.40. The molecule has 0 bridgehead atoms. The summed E-state index contributed by atoms with van der Waals surface area (Å²) in [5, 5.41) is 8.00. The van der Waals surface area contributed by atoms with Crippen LogP contribution in [0.4, 0.5) is 14.5 Å². The van der Waals surface area contributed by atoms with E-state index in [4.69, 9.17) is 10.5 Å². The van der Waals surface area contributed by atoms with E-state index in [2.05, 4.69) is 22.3 Å². The van der Waals surface area contributed by atoms with Crippen LogP contribution in [0.3, 0.4) is 0 Å². The molecule has 3 aliphatic heterocycles. The molecule has 2 aromatic carbocycles. The Hall–Kier alpha value is -5.24. The number of ether oxygens (including phenoxy) is 1.